The zero-order valence-corrected chi connectivity index (χ0v) is 18.4. The fraction of sp³-hybridized carbons (Fsp3) is 0.450. The minimum atomic E-state index is -4.54. The summed E-state index contributed by atoms with van der Waals surface area (Å²) in [6, 6.07) is 3.45. The largest absolute Gasteiger partial charge is 0.416 e. The third kappa shape index (κ3) is 3.98. The second kappa shape index (κ2) is 7.83. The zero-order valence-electron chi connectivity index (χ0n) is 17.6. The average Bonchev–Trinajstić information content (AvgIpc) is 3.36. The highest BCUT2D eigenvalue weighted by atomic mass is 32.2. The number of hydrogen-bond donors (Lipinski definition) is 0. The van der Waals surface area contributed by atoms with E-state index < -0.39 is 34.7 Å². The van der Waals surface area contributed by atoms with Gasteiger partial charge in [0.1, 0.15) is 17.9 Å². The standard InChI is InChI=1S/C20H19F5N6O2S/c21-16(22)9-31-18-15(7-27-31)26-8-17(28-18)29-6-5-19(10-29)11-30(12-19)34(32,33)14-3-1-13(2-4-14)20(23,24)25/h1-4,7-8,16H,5-6,9-12H2. The molecule has 182 valence electrons. The van der Waals surface area contributed by atoms with Gasteiger partial charge < -0.3 is 4.90 Å². The lowest BCUT2D eigenvalue weighted by molar-refractivity contribution is -0.137. The molecule has 2 saturated heterocycles. The second-order valence-electron chi connectivity index (χ2n) is 8.62. The lowest BCUT2D eigenvalue weighted by atomic mass is 9.81. The van der Waals surface area contributed by atoms with Gasteiger partial charge in [-0.25, -0.2) is 31.8 Å². The van der Waals surface area contributed by atoms with Gasteiger partial charge in [-0.2, -0.15) is 22.6 Å². The van der Waals surface area contributed by atoms with Crippen molar-refractivity contribution in [3.05, 3.63) is 42.2 Å². The molecule has 0 saturated carbocycles. The molecule has 0 unspecified atom stereocenters. The molecule has 2 aliphatic heterocycles. The van der Waals surface area contributed by atoms with Crippen LogP contribution in [-0.4, -0.2) is 65.1 Å². The summed E-state index contributed by atoms with van der Waals surface area (Å²) in [5.41, 5.74) is -0.584. The summed E-state index contributed by atoms with van der Waals surface area (Å²) in [6.45, 7) is 0.937. The number of aromatic nitrogens is 4. The number of benzene rings is 1. The molecule has 0 atom stereocenters. The van der Waals surface area contributed by atoms with Gasteiger partial charge >= 0.3 is 6.18 Å². The summed E-state index contributed by atoms with van der Waals surface area (Å²) < 4.78 is 91.9. The highest BCUT2D eigenvalue weighted by Gasteiger charge is 2.52. The van der Waals surface area contributed by atoms with Crippen LogP contribution in [0, 0.1) is 5.41 Å². The molecule has 8 nitrogen and oxygen atoms in total. The van der Waals surface area contributed by atoms with Crippen molar-refractivity contribution in [2.24, 2.45) is 5.41 Å². The molecule has 2 aliphatic rings. The maximum atomic E-state index is 12.8. The molecule has 0 N–H and O–H groups in total. The van der Waals surface area contributed by atoms with E-state index in [0.717, 1.165) is 28.9 Å². The van der Waals surface area contributed by atoms with Crippen LogP contribution < -0.4 is 4.90 Å². The highest BCUT2D eigenvalue weighted by molar-refractivity contribution is 7.89. The van der Waals surface area contributed by atoms with E-state index in [-0.39, 0.29) is 29.0 Å². The van der Waals surface area contributed by atoms with Crippen LogP contribution >= 0.6 is 0 Å². The molecular weight excluding hydrogens is 483 g/mol. The van der Waals surface area contributed by atoms with Crippen LogP contribution in [0.25, 0.3) is 11.2 Å². The lowest BCUT2D eigenvalue weighted by Crippen LogP contribution is -2.59. The number of hydrogen-bond acceptors (Lipinski definition) is 6. The van der Waals surface area contributed by atoms with Gasteiger partial charge in [0.05, 0.1) is 22.9 Å². The molecule has 34 heavy (non-hydrogen) atoms. The Bertz CT molecular complexity index is 1320. The van der Waals surface area contributed by atoms with E-state index in [2.05, 4.69) is 15.1 Å². The smallest absolute Gasteiger partial charge is 0.355 e. The molecule has 0 radical (unpaired) electrons. The number of halogens is 5. The van der Waals surface area contributed by atoms with Gasteiger partial charge in [0.15, 0.2) is 5.65 Å². The van der Waals surface area contributed by atoms with Crippen LogP contribution in [0.4, 0.5) is 27.8 Å². The minimum Gasteiger partial charge on any atom is -0.355 e. The molecule has 0 aliphatic carbocycles. The van der Waals surface area contributed by atoms with E-state index in [4.69, 9.17) is 0 Å². The minimum absolute atomic E-state index is 0.186. The fourth-order valence-electron chi connectivity index (χ4n) is 4.48. The molecule has 1 aromatic carbocycles. The number of sulfonamides is 1. The highest BCUT2D eigenvalue weighted by Crippen LogP contribution is 2.43. The van der Waals surface area contributed by atoms with Gasteiger partial charge in [-0.3, -0.25) is 0 Å². The van der Waals surface area contributed by atoms with Crippen LogP contribution in [0.15, 0.2) is 41.6 Å². The van der Waals surface area contributed by atoms with Crippen molar-refractivity contribution in [2.75, 3.05) is 31.1 Å². The Hall–Kier alpha value is -2.87. The van der Waals surface area contributed by atoms with Crippen LogP contribution in [-0.2, 0) is 22.7 Å². The molecule has 2 fully saturated rings. The maximum Gasteiger partial charge on any atom is 0.416 e. The first-order chi connectivity index (χ1) is 16.0. The first kappa shape index (κ1) is 22.9. The second-order valence-corrected chi connectivity index (χ2v) is 10.6. The molecule has 0 bridgehead atoms. The van der Waals surface area contributed by atoms with Gasteiger partial charge in [-0.1, -0.05) is 0 Å². The predicted molar refractivity (Wildman–Crippen MR) is 111 cm³/mol. The van der Waals surface area contributed by atoms with E-state index in [1.165, 1.54) is 16.7 Å². The van der Waals surface area contributed by atoms with Gasteiger partial charge in [0.2, 0.25) is 10.0 Å². The van der Waals surface area contributed by atoms with Crippen molar-refractivity contribution in [1.82, 2.24) is 24.1 Å². The van der Waals surface area contributed by atoms with Crippen LogP contribution in [0.1, 0.15) is 12.0 Å². The molecule has 2 aromatic heterocycles. The molecule has 14 heteroatoms. The van der Waals surface area contributed by atoms with E-state index in [1.807, 2.05) is 4.90 Å². The van der Waals surface area contributed by atoms with E-state index in [0.29, 0.717) is 30.8 Å². The molecule has 1 spiro atoms. The topological polar surface area (TPSA) is 84.2 Å². The van der Waals surface area contributed by atoms with Crippen molar-refractivity contribution in [1.29, 1.82) is 0 Å². The normalized spacial score (nSPS) is 18.8. The monoisotopic (exact) mass is 502 g/mol. The summed E-state index contributed by atoms with van der Waals surface area (Å²) in [4.78, 5) is 10.4. The Kier molecular flexibility index (Phi) is 5.28. The molecule has 0 amide bonds. The lowest BCUT2D eigenvalue weighted by Gasteiger charge is -2.46. The number of rotatable bonds is 5. The summed E-state index contributed by atoms with van der Waals surface area (Å²) in [6.07, 6.45) is -3.54. The van der Waals surface area contributed by atoms with Crippen molar-refractivity contribution in [3.63, 3.8) is 0 Å². The fourth-order valence-corrected chi connectivity index (χ4v) is 6.15. The number of fused-ring (bicyclic) bond motifs is 1. The number of anilines is 1. The molecule has 3 aromatic rings. The van der Waals surface area contributed by atoms with E-state index >= 15 is 0 Å². The van der Waals surface area contributed by atoms with E-state index in [1.54, 1.807) is 0 Å². The first-order valence-corrected chi connectivity index (χ1v) is 11.8. The predicted octanol–water partition coefficient (Wildman–Crippen LogP) is 3.01. The van der Waals surface area contributed by atoms with Gasteiger partial charge in [0.25, 0.3) is 6.43 Å². The summed E-state index contributed by atoms with van der Waals surface area (Å²) >= 11 is 0. The number of nitrogens with zero attached hydrogens (tertiary/aromatic N) is 6. The Balaban J connectivity index is 1.28. The van der Waals surface area contributed by atoms with Crippen LogP contribution in [0.2, 0.25) is 0 Å². The van der Waals surface area contributed by atoms with Crippen LogP contribution in [0.5, 0.6) is 0 Å². The van der Waals surface area contributed by atoms with Gasteiger partial charge in [-0.05, 0) is 30.7 Å². The third-order valence-electron chi connectivity index (χ3n) is 6.25. The Labute approximate surface area is 191 Å². The Morgan fingerprint density at radius 2 is 1.76 bits per heavy atom. The Morgan fingerprint density at radius 1 is 1.06 bits per heavy atom. The van der Waals surface area contributed by atoms with E-state index in [9.17, 15) is 30.4 Å². The van der Waals surface area contributed by atoms with Crippen molar-refractivity contribution in [3.8, 4) is 0 Å². The molecule has 4 heterocycles. The average molecular weight is 502 g/mol. The van der Waals surface area contributed by atoms with Crippen molar-refractivity contribution in [2.45, 2.75) is 30.5 Å². The number of alkyl halides is 5. The Morgan fingerprint density at radius 3 is 2.41 bits per heavy atom. The third-order valence-corrected chi connectivity index (χ3v) is 8.05. The molecule has 5 rings (SSSR count). The van der Waals surface area contributed by atoms with Crippen LogP contribution in [0.3, 0.4) is 0 Å². The van der Waals surface area contributed by atoms with Crippen molar-refractivity contribution >= 4 is 27.0 Å². The van der Waals surface area contributed by atoms with Gasteiger partial charge in [0, 0.05) is 31.6 Å². The van der Waals surface area contributed by atoms with Gasteiger partial charge in [-0.15, -0.1) is 0 Å². The zero-order chi connectivity index (χ0) is 24.3. The first-order valence-electron chi connectivity index (χ1n) is 10.4. The quantitative estimate of drug-likeness (QED) is 0.499. The summed E-state index contributed by atoms with van der Waals surface area (Å²) in [5, 5.41) is 3.90. The van der Waals surface area contributed by atoms with Crippen molar-refractivity contribution < 1.29 is 30.4 Å². The maximum absolute atomic E-state index is 12.8. The SMILES string of the molecule is O=S(=O)(c1ccc(C(F)(F)F)cc1)N1CC2(CCN(c3cnc4cnn(CC(F)F)c4n3)C2)C1. The summed E-state index contributed by atoms with van der Waals surface area (Å²) in [5.74, 6) is 0.490. The summed E-state index contributed by atoms with van der Waals surface area (Å²) in [7, 11) is -3.91. The molecular formula is C20H19F5N6O2S.